The Balaban J connectivity index is 2.53. The Morgan fingerprint density at radius 3 is 2.72 bits per heavy atom. The minimum absolute atomic E-state index is 0.0107. The molecule has 0 N–H and O–H groups in total. The van der Waals surface area contributed by atoms with E-state index in [0.717, 1.165) is 17.7 Å². The van der Waals surface area contributed by atoms with E-state index in [1.54, 1.807) is 13.2 Å². The number of hydrogen-bond donors (Lipinski definition) is 0. The van der Waals surface area contributed by atoms with Crippen molar-refractivity contribution < 1.29 is 13.5 Å². The highest BCUT2D eigenvalue weighted by atomic mass is 19.1. The average Bonchev–Trinajstić information content (AvgIpc) is 2.57. The van der Waals surface area contributed by atoms with E-state index in [0.29, 0.717) is 32.4 Å². The molecule has 0 radical (unpaired) electrons. The Kier molecular flexibility index (Phi) is 10.1. The summed E-state index contributed by atoms with van der Waals surface area (Å²) in [6, 6.07) is 0. The average molecular weight is 351 g/mol. The van der Waals surface area contributed by atoms with Gasteiger partial charge in [-0.1, -0.05) is 42.5 Å². The number of methoxy groups -OCH3 is 1. The Hall–Kier alpha value is -1.68. The van der Waals surface area contributed by atoms with E-state index in [-0.39, 0.29) is 12.5 Å². The van der Waals surface area contributed by atoms with Gasteiger partial charge in [-0.05, 0) is 25.7 Å². The molecule has 1 aliphatic carbocycles. The maximum absolute atomic E-state index is 13.5. The van der Waals surface area contributed by atoms with Gasteiger partial charge in [0.1, 0.15) is 12.3 Å². The van der Waals surface area contributed by atoms with Crippen molar-refractivity contribution in [1.82, 2.24) is 4.90 Å². The summed E-state index contributed by atoms with van der Waals surface area (Å²) in [6.07, 6.45) is 9.50. The van der Waals surface area contributed by atoms with Crippen LogP contribution >= 0.6 is 0 Å². The molecule has 0 saturated heterocycles. The van der Waals surface area contributed by atoms with Crippen molar-refractivity contribution in [2.24, 2.45) is 0 Å². The number of halogens is 2. The number of allylic oxidation sites excluding steroid dienone is 3. The molecule has 0 aromatic rings. The molecule has 140 valence electrons. The minimum Gasteiger partial charge on any atom is -0.377 e. The largest absolute Gasteiger partial charge is 0.377 e. The number of ether oxygens (including phenoxy) is 1. The summed E-state index contributed by atoms with van der Waals surface area (Å²) in [5.74, 6) is 0. The Morgan fingerprint density at radius 1 is 1.36 bits per heavy atom. The smallest absolute Gasteiger partial charge is 0.121 e. The Bertz CT molecular complexity index is 498. The van der Waals surface area contributed by atoms with Gasteiger partial charge in [-0.25, -0.2) is 8.78 Å². The molecule has 0 aliphatic heterocycles. The highest BCUT2D eigenvalue weighted by Gasteiger charge is 2.21. The summed E-state index contributed by atoms with van der Waals surface area (Å²) in [5.41, 5.74) is 1.80. The van der Waals surface area contributed by atoms with E-state index in [1.807, 2.05) is 24.3 Å². The quantitative estimate of drug-likeness (QED) is 0.442. The summed E-state index contributed by atoms with van der Waals surface area (Å²) >= 11 is 0. The highest BCUT2D eigenvalue weighted by molar-refractivity contribution is 5.14. The molecule has 0 amide bonds. The molecule has 0 bridgehead atoms. The summed E-state index contributed by atoms with van der Waals surface area (Å²) in [5, 5.41) is 0. The first-order valence-electron chi connectivity index (χ1n) is 8.81. The molecule has 0 heterocycles. The van der Waals surface area contributed by atoms with E-state index >= 15 is 0 Å². The van der Waals surface area contributed by atoms with Gasteiger partial charge in [-0.2, -0.15) is 0 Å². The van der Waals surface area contributed by atoms with Crippen molar-refractivity contribution >= 4 is 0 Å². The first-order valence-corrected chi connectivity index (χ1v) is 8.81. The first-order chi connectivity index (χ1) is 12.0. The fourth-order valence-electron chi connectivity index (χ4n) is 2.90. The van der Waals surface area contributed by atoms with Crippen LogP contribution in [0.5, 0.6) is 0 Å². The van der Waals surface area contributed by atoms with Crippen LogP contribution in [-0.2, 0) is 4.74 Å². The molecule has 1 unspecified atom stereocenters. The molecule has 1 rings (SSSR count). The summed E-state index contributed by atoms with van der Waals surface area (Å²) in [4.78, 5) is 2.10. The third-order valence-electron chi connectivity index (χ3n) is 4.29. The van der Waals surface area contributed by atoms with Gasteiger partial charge >= 0.3 is 0 Å². The number of rotatable bonds is 12. The second-order valence-corrected chi connectivity index (χ2v) is 6.36. The van der Waals surface area contributed by atoms with Gasteiger partial charge in [0, 0.05) is 32.3 Å². The molecule has 0 aromatic carbocycles. The van der Waals surface area contributed by atoms with Crippen LogP contribution in [0, 0.1) is 0 Å². The number of hydrogen-bond acceptors (Lipinski definition) is 2. The number of nitrogens with zero attached hydrogens (tertiary/aromatic N) is 1. The second kappa shape index (κ2) is 11.8. The molecule has 0 saturated carbocycles. The van der Waals surface area contributed by atoms with E-state index in [1.165, 1.54) is 0 Å². The Morgan fingerprint density at radius 2 is 2.12 bits per heavy atom. The fourth-order valence-corrected chi connectivity index (χ4v) is 2.90. The molecule has 1 aliphatic rings. The third kappa shape index (κ3) is 8.30. The lowest BCUT2D eigenvalue weighted by Crippen LogP contribution is -2.23. The van der Waals surface area contributed by atoms with Crippen molar-refractivity contribution in [3.8, 4) is 0 Å². The topological polar surface area (TPSA) is 12.5 Å². The molecule has 4 heteroatoms. The SMILES string of the molecule is C=CC[C@@H](/C=C\CN(CC=C)C(=C)CCC1=C[C@@H](F)CC(F)C1)OC. The van der Waals surface area contributed by atoms with Gasteiger partial charge in [0.15, 0.2) is 0 Å². The monoisotopic (exact) mass is 351 g/mol. The van der Waals surface area contributed by atoms with Gasteiger partial charge in [-0.15, -0.1) is 13.2 Å². The molecular formula is C21H31F2NO. The lowest BCUT2D eigenvalue weighted by Gasteiger charge is -2.26. The lowest BCUT2D eigenvalue weighted by molar-refractivity contribution is 0.143. The number of alkyl halides is 2. The maximum atomic E-state index is 13.5. The van der Waals surface area contributed by atoms with Crippen LogP contribution < -0.4 is 0 Å². The fraction of sp³-hybridized carbons (Fsp3) is 0.524. The zero-order valence-electron chi connectivity index (χ0n) is 15.3. The predicted molar refractivity (Wildman–Crippen MR) is 102 cm³/mol. The van der Waals surface area contributed by atoms with Crippen LogP contribution in [0.4, 0.5) is 8.78 Å². The highest BCUT2D eigenvalue weighted by Crippen LogP contribution is 2.27. The lowest BCUT2D eigenvalue weighted by atomic mass is 9.93. The molecule has 3 atom stereocenters. The van der Waals surface area contributed by atoms with E-state index < -0.39 is 12.3 Å². The molecular weight excluding hydrogens is 320 g/mol. The standard InChI is InChI=1S/C21H31F2NO/c1-5-8-21(25-4)9-7-13-24(12-6-2)17(3)10-11-18-14-19(22)16-20(23)15-18/h5-7,9,14,19-21H,1-3,8,10-13,15-16H2,4H3/b9-7-/t19-,20?,21+/m1/s1. The van der Waals surface area contributed by atoms with Crippen molar-refractivity contribution in [3.63, 3.8) is 0 Å². The van der Waals surface area contributed by atoms with Crippen molar-refractivity contribution in [1.29, 1.82) is 0 Å². The van der Waals surface area contributed by atoms with Gasteiger partial charge in [0.2, 0.25) is 0 Å². The van der Waals surface area contributed by atoms with E-state index in [4.69, 9.17) is 4.74 Å². The first kappa shape index (κ1) is 21.4. The van der Waals surface area contributed by atoms with Crippen LogP contribution in [-0.4, -0.2) is 43.5 Å². The summed E-state index contributed by atoms with van der Waals surface area (Å²) in [6.45, 7) is 13.0. The normalized spacial score (nSPS) is 21.6. The summed E-state index contributed by atoms with van der Waals surface area (Å²) < 4.78 is 32.2. The minimum atomic E-state index is -1.16. The molecule has 2 nitrogen and oxygen atoms in total. The Labute approximate surface area is 151 Å². The van der Waals surface area contributed by atoms with Crippen LogP contribution in [0.1, 0.15) is 32.1 Å². The van der Waals surface area contributed by atoms with Crippen LogP contribution in [0.25, 0.3) is 0 Å². The maximum Gasteiger partial charge on any atom is 0.121 e. The van der Waals surface area contributed by atoms with Gasteiger partial charge in [-0.3, -0.25) is 0 Å². The molecule has 0 aromatic heterocycles. The van der Waals surface area contributed by atoms with E-state index in [2.05, 4.69) is 24.6 Å². The van der Waals surface area contributed by atoms with Crippen molar-refractivity contribution in [2.45, 2.75) is 50.6 Å². The zero-order valence-corrected chi connectivity index (χ0v) is 15.3. The predicted octanol–water partition coefficient (Wildman–Crippen LogP) is 5.31. The molecule has 0 fully saturated rings. The summed E-state index contributed by atoms with van der Waals surface area (Å²) in [7, 11) is 1.67. The van der Waals surface area contributed by atoms with Gasteiger partial charge < -0.3 is 9.64 Å². The molecule has 0 spiro atoms. The van der Waals surface area contributed by atoms with Gasteiger partial charge in [0.25, 0.3) is 0 Å². The van der Waals surface area contributed by atoms with Crippen LogP contribution in [0.15, 0.2) is 61.4 Å². The van der Waals surface area contributed by atoms with Crippen LogP contribution in [0.3, 0.4) is 0 Å². The molecule has 25 heavy (non-hydrogen) atoms. The van der Waals surface area contributed by atoms with E-state index in [9.17, 15) is 8.78 Å². The van der Waals surface area contributed by atoms with Crippen molar-refractivity contribution in [2.75, 3.05) is 20.2 Å². The second-order valence-electron chi connectivity index (χ2n) is 6.36. The van der Waals surface area contributed by atoms with Gasteiger partial charge in [0.05, 0.1) is 6.10 Å². The van der Waals surface area contributed by atoms with Crippen molar-refractivity contribution in [3.05, 3.63) is 61.4 Å². The zero-order chi connectivity index (χ0) is 18.7. The van der Waals surface area contributed by atoms with Crippen LogP contribution in [0.2, 0.25) is 0 Å². The third-order valence-corrected chi connectivity index (χ3v) is 4.29.